The van der Waals surface area contributed by atoms with E-state index >= 15 is 0 Å². The van der Waals surface area contributed by atoms with Crippen molar-refractivity contribution in [1.82, 2.24) is 9.88 Å². The van der Waals surface area contributed by atoms with Crippen molar-refractivity contribution in [2.45, 2.75) is 33.6 Å². The van der Waals surface area contributed by atoms with Crippen molar-refractivity contribution in [2.75, 3.05) is 18.9 Å². The standard InChI is InChI=1S/C20H25N3O2/c1-5-6-9-23(4)20(25)18-13-16(7-8-21-18)19(24)22-17-11-14(2)10-15(3)12-17/h7-8,10-13H,5-6,9H2,1-4H3,(H,22,24). The van der Waals surface area contributed by atoms with Crippen LogP contribution in [0, 0.1) is 13.8 Å². The Morgan fingerprint density at radius 2 is 1.80 bits per heavy atom. The third kappa shape index (κ3) is 5.14. The Morgan fingerprint density at radius 1 is 1.12 bits per heavy atom. The number of aromatic nitrogens is 1. The normalized spacial score (nSPS) is 10.4. The number of anilines is 1. The quantitative estimate of drug-likeness (QED) is 0.870. The van der Waals surface area contributed by atoms with Crippen molar-refractivity contribution < 1.29 is 9.59 Å². The molecule has 1 N–H and O–H groups in total. The second kappa shape index (κ2) is 8.42. The summed E-state index contributed by atoms with van der Waals surface area (Å²) < 4.78 is 0. The maximum absolute atomic E-state index is 12.5. The molecule has 0 spiro atoms. The minimum absolute atomic E-state index is 0.172. The van der Waals surface area contributed by atoms with Crippen molar-refractivity contribution in [1.29, 1.82) is 0 Å². The Labute approximate surface area is 149 Å². The van der Waals surface area contributed by atoms with E-state index in [4.69, 9.17) is 0 Å². The summed E-state index contributed by atoms with van der Waals surface area (Å²) in [5, 5.41) is 2.88. The molecule has 0 aliphatic carbocycles. The number of unbranched alkanes of at least 4 members (excludes halogenated alkanes) is 1. The van der Waals surface area contributed by atoms with E-state index in [0.29, 0.717) is 12.1 Å². The predicted molar refractivity (Wildman–Crippen MR) is 100.0 cm³/mol. The van der Waals surface area contributed by atoms with E-state index in [2.05, 4.69) is 17.2 Å². The van der Waals surface area contributed by atoms with Crippen LogP contribution in [0.1, 0.15) is 51.7 Å². The first-order valence-electron chi connectivity index (χ1n) is 8.52. The molecule has 0 saturated carbocycles. The third-order valence-electron chi connectivity index (χ3n) is 3.91. The summed E-state index contributed by atoms with van der Waals surface area (Å²) in [6.45, 7) is 6.72. The molecule has 5 heteroatoms. The van der Waals surface area contributed by atoms with Gasteiger partial charge in [0.25, 0.3) is 11.8 Å². The number of pyridine rings is 1. The second-order valence-corrected chi connectivity index (χ2v) is 6.34. The Bertz CT molecular complexity index is 751. The lowest BCUT2D eigenvalue weighted by Gasteiger charge is -2.16. The van der Waals surface area contributed by atoms with Crippen LogP contribution in [0.4, 0.5) is 5.69 Å². The molecule has 1 aromatic heterocycles. The van der Waals surface area contributed by atoms with Crippen LogP contribution in [-0.2, 0) is 0 Å². The first-order valence-corrected chi connectivity index (χ1v) is 8.52. The maximum Gasteiger partial charge on any atom is 0.272 e. The lowest BCUT2D eigenvalue weighted by molar-refractivity contribution is 0.0787. The number of hydrogen-bond acceptors (Lipinski definition) is 3. The largest absolute Gasteiger partial charge is 0.340 e. The van der Waals surface area contributed by atoms with Gasteiger partial charge in [-0.25, -0.2) is 0 Å². The molecular formula is C20H25N3O2. The van der Waals surface area contributed by atoms with Gasteiger partial charge in [-0.15, -0.1) is 0 Å². The third-order valence-corrected chi connectivity index (χ3v) is 3.91. The Balaban J connectivity index is 2.14. The predicted octanol–water partition coefficient (Wildman–Crippen LogP) is 3.82. The first kappa shape index (κ1) is 18.6. The van der Waals surface area contributed by atoms with Crippen molar-refractivity contribution in [3.05, 3.63) is 58.9 Å². The molecule has 0 radical (unpaired) electrons. The number of carbonyl (C=O) groups excluding carboxylic acids is 2. The zero-order chi connectivity index (χ0) is 18.4. The highest BCUT2D eigenvalue weighted by Gasteiger charge is 2.15. The molecule has 5 nitrogen and oxygen atoms in total. The molecule has 2 amide bonds. The van der Waals surface area contributed by atoms with Gasteiger partial charge in [0.2, 0.25) is 0 Å². The molecule has 0 bridgehead atoms. The van der Waals surface area contributed by atoms with Crippen LogP contribution in [0.15, 0.2) is 36.5 Å². The van der Waals surface area contributed by atoms with Crippen LogP contribution in [0.25, 0.3) is 0 Å². The van der Waals surface area contributed by atoms with E-state index in [1.807, 2.05) is 32.0 Å². The molecular weight excluding hydrogens is 314 g/mol. The number of nitrogens with one attached hydrogen (secondary N) is 1. The van der Waals surface area contributed by atoms with Crippen LogP contribution in [0.2, 0.25) is 0 Å². The minimum atomic E-state index is -0.252. The molecule has 1 aromatic carbocycles. The molecule has 2 rings (SSSR count). The molecule has 0 atom stereocenters. The van der Waals surface area contributed by atoms with Gasteiger partial charge in [0, 0.05) is 31.0 Å². The topological polar surface area (TPSA) is 62.3 Å². The Morgan fingerprint density at radius 3 is 2.44 bits per heavy atom. The fraction of sp³-hybridized carbons (Fsp3) is 0.350. The van der Waals surface area contributed by atoms with Crippen LogP contribution in [0.3, 0.4) is 0 Å². The van der Waals surface area contributed by atoms with Crippen LogP contribution >= 0.6 is 0 Å². The Kier molecular flexibility index (Phi) is 6.28. The average Bonchev–Trinajstić information content (AvgIpc) is 2.58. The number of hydrogen-bond donors (Lipinski definition) is 1. The molecule has 0 saturated heterocycles. The van der Waals surface area contributed by atoms with Crippen molar-refractivity contribution >= 4 is 17.5 Å². The highest BCUT2D eigenvalue weighted by Crippen LogP contribution is 2.15. The van der Waals surface area contributed by atoms with Gasteiger partial charge in [-0.3, -0.25) is 14.6 Å². The summed E-state index contributed by atoms with van der Waals surface area (Å²) in [6, 6.07) is 9.03. The Hall–Kier alpha value is -2.69. The monoisotopic (exact) mass is 339 g/mol. The van der Waals surface area contributed by atoms with Gasteiger partial charge in [-0.1, -0.05) is 19.4 Å². The van der Waals surface area contributed by atoms with E-state index in [1.165, 1.54) is 6.20 Å². The van der Waals surface area contributed by atoms with E-state index in [9.17, 15) is 9.59 Å². The number of rotatable bonds is 6. The maximum atomic E-state index is 12.5. The lowest BCUT2D eigenvalue weighted by Crippen LogP contribution is -2.28. The van der Waals surface area contributed by atoms with Gasteiger partial charge in [-0.05, 0) is 55.7 Å². The summed E-state index contributed by atoms with van der Waals surface area (Å²) in [5.74, 6) is -0.424. The zero-order valence-corrected chi connectivity index (χ0v) is 15.3. The van der Waals surface area contributed by atoms with Crippen LogP contribution in [0.5, 0.6) is 0 Å². The van der Waals surface area contributed by atoms with Crippen LogP contribution < -0.4 is 5.32 Å². The van der Waals surface area contributed by atoms with Crippen molar-refractivity contribution in [3.8, 4) is 0 Å². The smallest absolute Gasteiger partial charge is 0.272 e. The van der Waals surface area contributed by atoms with Gasteiger partial charge in [0.1, 0.15) is 5.69 Å². The van der Waals surface area contributed by atoms with Crippen molar-refractivity contribution in [3.63, 3.8) is 0 Å². The van der Waals surface area contributed by atoms with E-state index in [1.54, 1.807) is 24.1 Å². The number of benzene rings is 1. The molecule has 2 aromatic rings. The van der Waals surface area contributed by atoms with Crippen molar-refractivity contribution in [2.24, 2.45) is 0 Å². The lowest BCUT2D eigenvalue weighted by atomic mass is 10.1. The fourth-order valence-corrected chi connectivity index (χ4v) is 2.63. The summed E-state index contributed by atoms with van der Waals surface area (Å²) in [6.07, 6.45) is 3.45. The van der Waals surface area contributed by atoms with Gasteiger partial charge >= 0.3 is 0 Å². The highest BCUT2D eigenvalue weighted by molar-refractivity contribution is 6.05. The van der Waals surface area contributed by atoms with Gasteiger partial charge in [0.05, 0.1) is 0 Å². The summed E-state index contributed by atoms with van der Waals surface area (Å²) in [5.41, 5.74) is 3.61. The molecule has 0 fully saturated rings. The van der Waals surface area contributed by atoms with E-state index in [-0.39, 0.29) is 17.5 Å². The number of aryl methyl sites for hydroxylation is 2. The first-order chi connectivity index (χ1) is 11.9. The number of amides is 2. The SMILES string of the molecule is CCCCN(C)C(=O)c1cc(C(=O)Nc2cc(C)cc(C)c2)ccn1. The molecule has 132 valence electrons. The molecule has 1 heterocycles. The van der Waals surface area contributed by atoms with Gasteiger partial charge in [0.15, 0.2) is 0 Å². The van der Waals surface area contributed by atoms with E-state index < -0.39 is 0 Å². The molecule has 0 aliphatic heterocycles. The average molecular weight is 339 g/mol. The number of nitrogens with zero attached hydrogens (tertiary/aromatic N) is 2. The summed E-state index contributed by atoms with van der Waals surface area (Å²) in [7, 11) is 1.75. The zero-order valence-electron chi connectivity index (χ0n) is 15.3. The van der Waals surface area contributed by atoms with Crippen LogP contribution in [-0.4, -0.2) is 35.3 Å². The van der Waals surface area contributed by atoms with Gasteiger partial charge in [-0.2, -0.15) is 0 Å². The van der Waals surface area contributed by atoms with E-state index in [0.717, 1.165) is 29.7 Å². The highest BCUT2D eigenvalue weighted by atomic mass is 16.2. The fourth-order valence-electron chi connectivity index (χ4n) is 2.63. The molecule has 0 unspecified atom stereocenters. The molecule has 25 heavy (non-hydrogen) atoms. The summed E-state index contributed by atoms with van der Waals surface area (Å²) >= 11 is 0. The summed E-state index contributed by atoms with van der Waals surface area (Å²) in [4.78, 5) is 30.6. The minimum Gasteiger partial charge on any atom is -0.340 e. The van der Waals surface area contributed by atoms with Gasteiger partial charge < -0.3 is 10.2 Å². The number of carbonyl (C=O) groups is 2. The second-order valence-electron chi connectivity index (χ2n) is 6.34. The molecule has 0 aliphatic rings.